The van der Waals surface area contributed by atoms with Crippen LogP contribution in [0.1, 0.15) is 21.1 Å². The molecule has 0 aliphatic rings. The van der Waals surface area contributed by atoms with Crippen LogP contribution in [0.15, 0.2) is 23.6 Å². The number of Topliss-reactive ketones (excluding diaryl/α,β-unsaturated/α-hetero) is 1. The lowest BCUT2D eigenvalue weighted by Gasteiger charge is -1.99. The van der Waals surface area contributed by atoms with E-state index in [2.05, 4.69) is 4.98 Å². The Balaban J connectivity index is 2.19. The highest BCUT2D eigenvalue weighted by Gasteiger charge is 2.12. The molecule has 0 amide bonds. The zero-order valence-corrected chi connectivity index (χ0v) is 9.85. The topological polar surface area (TPSA) is 30.0 Å². The first kappa shape index (κ1) is 11.9. The van der Waals surface area contributed by atoms with Gasteiger partial charge in [0, 0.05) is 22.7 Å². The summed E-state index contributed by atoms with van der Waals surface area (Å²) in [7, 11) is 0. The van der Waals surface area contributed by atoms with Crippen LogP contribution in [0.3, 0.4) is 0 Å². The SMILES string of the molecule is Cc1csc(CC(=O)c2cc(F)cc(F)c2)n1. The number of hydrogen-bond donors (Lipinski definition) is 0. The van der Waals surface area contributed by atoms with Crippen LogP contribution in [0.4, 0.5) is 8.78 Å². The zero-order valence-electron chi connectivity index (χ0n) is 9.04. The van der Waals surface area contributed by atoms with E-state index in [0.29, 0.717) is 5.01 Å². The number of halogens is 2. The Kier molecular flexibility index (Phi) is 3.28. The summed E-state index contributed by atoms with van der Waals surface area (Å²) in [5.74, 6) is -1.83. The van der Waals surface area contributed by atoms with Crippen molar-refractivity contribution in [3.63, 3.8) is 0 Å². The maximum Gasteiger partial charge on any atom is 0.169 e. The molecule has 88 valence electrons. The number of carbonyl (C=O) groups excluding carboxylic acids is 1. The fourth-order valence-corrected chi connectivity index (χ4v) is 2.21. The average molecular weight is 253 g/mol. The van der Waals surface area contributed by atoms with Gasteiger partial charge in [-0.15, -0.1) is 11.3 Å². The number of aromatic nitrogens is 1. The first-order valence-corrected chi connectivity index (χ1v) is 5.83. The smallest absolute Gasteiger partial charge is 0.169 e. The zero-order chi connectivity index (χ0) is 12.4. The van der Waals surface area contributed by atoms with Gasteiger partial charge >= 0.3 is 0 Å². The van der Waals surface area contributed by atoms with E-state index < -0.39 is 11.6 Å². The number of benzene rings is 1. The number of hydrogen-bond acceptors (Lipinski definition) is 3. The minimum absolute atomic E-state index is 0.0374. The van der Waals surface area contributed by atoms with Gasteiger partial charge in [0.1, 0.15) is 16.6 Å². The number of thiazole rings is 1. The van der Waals surface area contributed by atoms with Crippen LogP contribution in [0.2, 0.25) is 0 Å². The van der Waals surface area contributed by atoms with Gasteiger partial charge in [-0.1, -0.05) is 0 Å². The van der Waals surface area contributed by atoms with Crippen molar-refractivity contribution in [2.75, 3.05) is 0 Å². The van der Waals surface area contributed by atoms with E-state index in [9.17, 15) is 13.6 Å². The minimum atomic E-state index is -0.747. The van der Waals surface area contributed by atoms with E-state index >= 15 is 0 Å². The second-order valence-corrected chi connectivity index (χ2v) is 4.58. The average Bonchev–Trinajstić information content (AvgIpc) is 2.62. The number of ketones is 1. The highest BCUT2D eigenvalue weighted by Crippen LogP contribution is 2.14. The molecule has 2 nitrogen and oxygen atoms in total. The molecule has 0 bridgehead atoms. The Morgan fingerprint density at radius 3 is 2.47 bits per heavy atom. The lowest BCUT2D eigenvalue weighted by Crippen LogP contribution is -2.04. The molecule has 1 aromatic heterocycles. The fourth-order valence-electron chi connectivity index (χ4n) is 1.44. The predicted octanol–water partition coefficient (Wildman–Crippen LogP) is 3.16. The fraction of sp³-hybridized carbons (Fsp3) is 0.167. The van der Waals surface area contributed by atoms with Crippen molar-refractivity contribution in [3.05, 3.63) is 51.5 Å². The van der Waals surface area contributed by atoms with Gasteiger partial charge in [-0.05, 0) is 19.1 Å². The Morgan fingerprint density at radius 1 is 1.29 bits per heavy atom. The maximum absolute atomic E-state index is 12.9. The highest BCUT2D eigenvalue weighted by molar-refractivity contribution is 7.09. The minimum Gasteiger partial charge on any atom is -0.294 e. The van der Waals surface area contributed by atoms with Gasteiger partial charge in [0.05, 0.1) is 6.42 Å². The van der Waals surface area contributed by atoms with Crippen molar-refractivity contribution in [3.8, 4) is 0 Å². The summed E-state index contributed by atoms with van der Waals surface area (Å²) in [5, 5.41) is 2.48. The normalized spacial score (nSPS) is 10.5. The number of nitrogens with zero attached hydrogens (tertiary/aromatic N) is 1. The number of aryl methyl sites for hydroxylation is 1. The summed E-state index contributed by atoms with van der Waals surface area (Å²) in [6.07, 6.45) is 0.0708. The first-order chi connectivity index (χ1) is 8.04. The lowest BCUT2D eigenvalue weighted by atomic mass is 10.1. The predicted molar refractivity (Wildman–Crippen MR) is 61.2 cm³/mol. The summed E-state index contributed by atoms with van der Waals surface area (Å²) in [6.45, 7) is 1.83. The third-order valence-corrected chi connectivity index (χ3v) is 3.13. The van der Waals surface area contributed by atoms with E-state index in [1.807, 2.05) is 12.3 Å². The van der Waals surface area contributed by atoms with Crippen molar-refractivity contribution >= 4 is 17.1 Å². The molecule has 0 aliphatic carbocycles. The van der Waals surface area contributed by atoms with E-state index in [4.69, 9.17) is 0 Å². The molecule has 0 N–H and O–H groups in total. The van der Waals surface area contributed by atoms with Crippen molar-refractivity contribution in [2.45, 2.75) is 13.3 Å². The van der Waals surface area contributed by atoms with Crippen molar-refractivity contribution in [2.24, 2.45) is 0 Å². The quantitative estimate of drug-likeness (QED) is 0.786. The maximum atomic E-state index is 12.9. The summed E-state index contributed by atoms with van der Waals surface area (Å²) >= 11 is 1.36. The molecular formula is C12H9F2NOS. The lowest BCUT2D eigenvalue weighted by molar-refractivity contribution is 0.0992. The Bertz CT molecular complexity index is 545. The van der Waals surface area contributed by atoms with E-state index in [-0.39, 0.29) is 17.8 Å². The molecule has 2 aromatic rings. The van der Waals surface area contributed by atoms with Crippen LogP contribution >= 0.6 is 11.3 Å². The van der Waals surface area contributed by atoms with Gasteiger partial charge in [-0.25, -0.2) is 13.8 Å². The Labute approximate surface area is 101 Å². The second kappa shape index (κ2) is 4.71. The molecule has 0 unspecified atom stereocenters. The molecule has 0 spiro atoms. The molecule has 0 atom stereocenters. The Hall–Kier alpha value is -1.62. The van der Waals surface area contributed by atoms with E-state index in [1.54, 1.807) is 0 Å². The van der Waals surface area contributed by atoms with Crippen molar-refractivity contribution in [1.82, 2.24) is 4.98 Å². The van der Waals surface area contributed by atoms with Crippen LogP contribution < -0.4 is 0 Å². The molecule has 0 saturated carbocycles. The van der Waals surface area contributed by atoms with E-state index in [0.717, 1.165) is 23.9 Å². The van der Waals surface area contributed by atoms with Crippen molar-refractivity contribution < 1.29 is 13.6 Å². The molecule has 17 heavy (non-hydrogen) atoms. The standard InChI is InChI=1S/C12H9F2NOS/c1-7-6-17-12(15-7)5-11(16)8-2-9(13)4-10(14)3-8/h2-4,6H,5H2,1H3. The summed E-state index contributed by atoms with van der Waals surface area (Å²) in [4.78, 5) is 15.9. The second-order valence-electron chi connectivity index (χ2n) is 3.64. The summed E-state index contributed by atoms with van der Waals surface area (Å²) in [5.41, 5.74) is 0.874. The van der Waals surface area contributed by atoms with Crippen LogP contribution in [-0.4, -0.2) is 10.8 Å². The van der Waals surface area contributed by atoms with Gasteiger partial charge in [0.25, 0.3) is 0 Å². The molecule has 5 heteroatoms. The number of carbonyl (C=O) groups is 1. The molecule has 0 saturated heterocycles. The van der Waals surface area contributed by atoms with Gasteiger partial charge in [0.15, 0.2) is 5.78 Å². The summed E-state index contributed by atoms with van der Waals surface area (Å²) < 4.78 is 25.9. The number of rotatable bonds is 3. The van der Waals surface area contributed by atoms with Crippen LogP contribution in [0.5, 0.6) is 0 Å². The first-order valence-electron chi connectivity index (χ1n) is 4.95. The molecule has 0 radical (unpaired) electrons. The Morgan fingerprint density at radius 2 is 1.94 bits per heavy atom. The van der Waals surface area contributed by atoms with Gasteiger partial charge in [-0.2, -0.15) is 0 Å². The monoisotopic (exact) mass is 253 g/mol. The third kappa shape index (κ3) is 2.94. The largest absolute Gasteiger partial charge is 0.294 e. The van der Waals surface area contributed by atoms with Crippen LogP contribution in [0, 0.1) is 18.6 Å². The van der Waals surface area contributed by atoms with Crippen molar-refractivity contribution in [1.29, 1.82) is 0 Å². The molecule has 2 rings (SSSR count). The summed E-state index contributed by atoms with van der Waals surface area (Å²) in [6, 6.07) is 2.81. The van der Waals surface area contributed by atoms with Crippen LogP contribution in [0.25, 0.3) is 0 Å². The van der Waals surface area contributed by atoms with Crippen LogP contribution in [-0.2, 0) is 6.42 Å². The molecule has 0 fully saturated rings. The molecule has 1 aromatic carbocycles. The molecule has 1 heterocycles. The molecular weight excluding hydrogens is 244 g/mol. The van der Waals surface area contributed by atoms with Gasteiger partial charge < -0.3 is 0 Å². The molecule has 0 aliphatic heterocycles. The van der Waals surface area contributed by atoms with E-state index in [1.165, 1.54) is 11.3 Å². The van der Waals surface area contributed by atoms with Gasteiger partial charge in [0.2, 0.25) is 0 Å². The third-order valence-electron chi connectivity index (χ3n) is 2.16. The highest BCUT2D eigenvalue weighted by atomic mass is 32.1. The van der Waals surface area contributed by atoms with Gasteiger partial charge in [-0.3, -0.25) is 4.79 Å².